The van der Waals surface area contributed by atoms with Crippen molar-refractivity contribution in [2.75, 3.05) is 0 Å². The van der Waals surface area contributed by atoms with Crippen LogP contribution in [0.3, 0.4) is 0 Å². The summed E-state index contributed by atoms with van der Waals surface area (Å²) in [7, 11) is 0. The van der Waals surface area contributed by atoms with Gasteiger partial charge in [0.15, 0.2) is 0 Å². The summed E-state index contributed by atoms with van der Waals surface area (Å²) in [5.41, 5.74) is 8.23. The highest BCUT2D eigenvalue weighted by Gasteiger charge is 2.66. The summed E-state index contributed by atoms with van der Waals surface area (Å²) >= 11 is 0. The highest BCUT2D eigenvalue weighted by Crippen LogP contribution is 2.72. The molecule has 0 fully saturated rings. The zero-order chi connectivity index (χ0) is 39.7. The molecule has 3 aliphatic rings. The van der Waals surface area contributed by atoms with Gasteiger partial charge in [-0.25, -0.2) is 0 Å². The van der Waals surface area contributed by atoms with E-state index in [1.54, 1.807) is 0 Å². The molecule has 1 aliphatic carbocycles. The Morgan fingerprint density at radius 1 is 0.350 bits per heavy atom. The van der Waals surface area contributed by atoms with E-state index >= 15 is 0 Å². The lowest BCUT2D eigenvalue weighted by Gasteiger charge is -2.58. The van der Waals surface area contributed by atoms with Gasteiger partial charge in [0.2, 0.25) is 0 Å². The number of hydrogen-bond donors (Lipinski definition) is 0. The average Bonchev–Trinajstić information content (AvgIpc) is 3.31. The maximum Gasteiger partial charge on any atom is 0.131 e. The van der Waals surface area contributed by atoms with Gasteiger partial charge < -0.3 is 9.47 Å². The van der Waals surface area contributed by atoms with Crippen LogP contribution in [0.1, 0.15) is 44.5 Å². The lowest BCUT2D eigenvalue weighted by Crippen LogP contribution is -2.56. The van der Waals surface area contributed by atoms with Crippen LogP contribution in [0.15, 0.2) is 182 Å². The first-order valence-electron chi connectivity index (χ1n) is 20.2. The number of rotatable bonds is 1. The third-order valence-corrected chi connectivity index (χ3v) is 13.5. The second-order valence-corrected chi connectivity index (χ2v) is 16.1. The standard InChI is InChI=1S/C56H30N2O2/c57-31-33-20-23-35(24-21-33)38-26-27-47-54-52(38)41-30-37-28-34(32-58)22-25-36(37)29-40(41)39-10-9-15-46(53(39)54)55(42-11-1-5-16-48(42)59-49-17-6-2-12-43(49)55)56(47)44-13-3-7-18-50(44)60-51-19-8-4-14-45(51)56/h1-30H. The van der Waals surface area contributed by atoms with Crippen LogP contribution in [-0.2, 0) is 10.8 Å². The Bertz CT molecular complexity index is 3550. The van der Waals surface area contributed by atoms with Crippen LogP contribution in [0.5, 0.6) is 23.0 Å². The molecule has 13 rings (SSSR count). The fraction of sp³-hybridized carbons (Fsp3) is 0.0357. The first-order valence-corrected chi connectivity index (χ1v) is 20.2. The number of nitriles is 2. The monoisotopic (exact) mass is 762 g/mol. The van der Waals surface area contributed by atoms with E-state index in [9.17, 15) is 10.5 Å². The average molecular weight is 763 g/mol. The van der Waals surface area contributed by atoms with Gasteiger partial charge in [0.05, 0.1) is 34.1 Å². The third-order valence-electron chi connectivity index (χ3n) is 13.5. The quantitative estimate of drug-likeness (QED) is 0.123. The van der Waals surface area contributed by atoms with Crippen molar-refractivity contribution < 1.29 is 9.47 Å². The Morgan fingerprint density at radius 2 is 0.850 bits per heavy atom. The van der Waals surface area contributed by atoms with E-state index in [2.05, 4.69) is 170 Å². The topological polar surface area (TPSA) is 66.0 Å². The summed E-state index contributed by atoms with van der Waals surface area (Å²) in [6.45, 7) is 0. The molecule has 276 valence electrons. The molecular weight excluding hydrogens is 733 g/mol. The lowest BCUT2D eigenvalue weighted by atomic mass is 9.43. The van der Waals surface area contributed by atoms with E-state index in [4.69, 9.17) is 9.47 Å². The van der Waals surface area contributed by atoms with Gasteiger partial charge in [-0.15, -0.1) is 0 Å². The zero-order valence-electron chi connectivity index (χ0n) is 32.0. The first-order chi connectivity index (χ1) is 29.6. The number of fused-ring (bicyclic) bond motifs is 15. The van der Waals surface area contributed by atoms with E-state index in [0.29, 0.717) is 11.1 Å². The van der Waals surface area contributed by atoms with Crippen molar-refractivity contribution in [3.8, 4) is 46.3 Å². The maximum atomic E-state index is 10.0. The molecule has 2 heterocycles. The van der Waals surface area contributed by atoms with E-state index in [-0.39, 0.29) is 0 Å². The number of nitrogens with zero attached hydrogens (tertiary/aromatic N) is 2. The van der Waals surface area contributed by atoms with Crippen LogP contribution >= 0.6 is 0 Å². The van der Waals surface area contributed by atoms with Crippen molar-refractivity contribution in [1.29, 1.82) is 10.5 Å². The van der Waals surface area contributed by atoms with Crippen LogP contribution in [0.2, 0.25) is 0 Å². The minimum Gasteiger partial charge on any atom is -0.457 e. The van der Waals surface area contributed by atoms with Crippen molar-refractivity contribution in [2.24, 2.45) is 0 Å². The molecule has 0 bridgehead atoms. The summed E-state index contributed by atoms with van der Waals surface area (Å²) in [5, 5.41) is 28.8. The maximum absolute atomic E-state index is 10.0. The summed E-state index contributed by atoms with van der Waals surface area (Å²) in [4.78, 5) is 0. The highest BCUT2D eigenvalue weighted by atomic mass is 16.5. The van der Waals surface area contributed by atoms with Crippen LogP contribution in [0.25, 0.3) is 54.2 Å². The van der Waals surface area contributed by atoms with Gasteiger partial charge in [0.25, 0.3) is 0 Å². The van der Waals surface area contributed by atoms with E-state index in [1.807, 2.05) is 24.3 Å². The molecule has 0 saturated heterocycles. The normalized spacial score (nSPS) is 14.5. The Morgan fingerprint density at radius 3 is 1.42 bits per heavy atom. The predicted octanol–water partition coefficient (Wildman–Crippen LogP) is 13.6. The Balaban J connectivity index is 1.36. The largest absolute Gasteiger partial charge is 0.457 e. The molecule has 0 N–H and O–H groups in total. The van der Waals surface area contributed by atoms with Crippen LogP contribution in [0.4, 0.5) is 0 Å². The van der Waals surface area contributed by atoms with E-state index in [0.717, 1.165) is 88.7 Å². The van der Waals surface area contributed by atoms with E-state index in [1.165, 1.54) is 21.9 Å². The van der Waals surface area contributed by atoms with Gasteiger partial charge in [0.1, 0.15) is 23.0 Å². The zero-order valence-corrected chi connectivity index (χ0v) is 32.0. The minimum atomic E-state index is -0.893. The molecule has 10 aromatic carbocycles. The van der Waals surface area contributed by atoms with Crippen LogP contribution < -0.4 is 9.47 Å². The summed E-state index contributed by atoms with van der Waals surface area (Å²) in [6, 6.07) is 69.0. The molecule has 4 heteroatoms. The summed E-state index contributed by atoms with van der Waals surface area (Å²) < 4.78 is 13.9. The molecule has 2 spiro atoms. The molecule has 0 aromatic heterocycles. The fourth-order valence-corrected chi connectivity index (χ4v) is 11.4. The molecule has 0 radical (unpaired) electrons. The predicted molar refractivity (Wildman–Crippen MR) is 237 cm³/mol. The molecule has 2 aliphatic heterocycles. The van der Waals surface area contributed by atoms with E-state index < -0.39 is 10.8 Å². The molecule has 4 nitrogen and oxygen atoms in total. The van der Waals surface area contributed by atoms with Crippen molar-refractivity contribution >= 4 is 43.1 Å². The Hall–Kier alpha value is -8.18. The number of ether oxygens (including phenoxy) is 2. The summed E-state index contributed by atoms with van der Waals surface area (Å²) in [5.74, 6) is 3.27. The first kappa shape index (κ1) is 32.9. The van der Waals surface area contributed by atoms with Crippen molar-refractivity contribution in [2.45, 2.75) is 10.8 Å². The Labute approximate surface area is 345 Å². The molecule has 10 aromatic rings. The van der Waals surface area contributed by atoms with Crippen molar-refractivity contribution in [3.63, 3.8) is 0 Å². The smallest absolute Gasteiger partial charge is 0.131 e. The molecule has 0 amide bonds. The molecular formula is C56H30N2O2. The molecule has 0 unspecified atom stereocenters. The molecule has 0 atom stereocenters. The fourth-order valence-electron chi connectivity index (χ4n) is 11.4. The highest BCUT2D eigenvalue weighted by molar-refractivity contribution is 6.33. The van der Waals surface area contributed by atoms with Gasteiger partial charge in [-0.1, -0.05) is 121 Å². The van der Waals surface area contributed by atoms with Gasteiger partial charge in [-0.3, -0.25) is 0 Å². The number of benzene rings is 10. The number of para-hydroxylation sites is 4. The Kier molecular flexibility index (Phi) is 6.41. The third kappa shape index (κ3) is 3.89. The second kappa shape index (κ2) is 11.7. The molecule has 0 saturated carbocycles. The SMILES string of the molecule is N#Cc1ccc(-c2ccc3c4c2c2cc5cc(C#N)ccc5cc2c2cccc(c24)C2(c4ccccc4Oc4ccccc42)C32c3ccccc3Oc3ccccc32)cc1. The van der Waals surface area contributed by atoms with Crippen molar-refractivity contribution in [3.05, 3.63) is 226 Å². The van der Waals surface area contributed by atoms with Gasteiger partial charge in [-0.05, 0) is 126 Å². The van der Waals surface area contributed by atoms with Gasteiger partial charge >= 0.3 is 0 Å². The molecule has 60 heavy (non-hydrogen) atoms. The minimum absolute atomic E-state index is 0.613. The van der Waals surface area contributed by atoms with Gasteiger partial charge in [-0.2, -0.15) is 10.5 Å². The van der Waals surface area contributed by atoms with Crippen LogP contribution in [0, 0.1) is 22.7 Å². The number of hydrogen-bond acceptors (Lipinski definition) is 4. The van der Waals surface area contributed by atoms with Crippen molar-refractivity contribution in [1.82, 2.24) is 0 Å². The van der Waals surface area contributed by atoms with Crippen LogP contribution in [-0.4, -0.2) is 0 Å². The second-order valence-electron chi connectivity index (χ2n) is 16.1. The lowest BCUT2D eigenvalue weighted by molar-refractivity contribution is 0.322. The summed E-state index contributed by atoms with van der Waals surface area (Å²) in [6.07, 6.45) is 0. The van der Waals surface area contributed by atoms with Gasteiger partial charge in [0, 0.05) is 22.3 Å².